The zero-order valence-electron chi connectivity index (χ0n) is 12.6. The van der Waals surface area contributed by atoms with Crippen LogP contribution >= 0.6 is 11.8 Å². The van der Waals surface area contributed by atoms with Gasteiger partial charge in [0.05, 0.1) is 6.04 Å². The molecule has 1 aliphatic rings. The molecule has 1 fully saturated rings. The lowest BCUT2D eigenvalue weighted by Crippen LogP contribution is -2.18. The second-order valence-corrected chi connectivity index (χ2v) is 7.07. The molecule has 0 spiro atoms. The van der Waals surface area contributed by atoms with Crippen LogP contribution in [0.4, 0.5) is 0 Å². The fourth-order valence-corrected chi connectivity index (χ4v) is 3.66. The fraction of sp³-hybridized carbons (Fsp3) is 0.368. The zero-order valence-corrected chi connectivity index (χ0v) is 13.4. The highest BCUT2D eigenvalue weighted by molar-refractivity contribution is 7.99. The molecule has 1 atom stereocenters. The third-order valence-electron chi connectivity index (χ3n) is 4.43. The molecule has 1 nitrogen and oxygen atoms in total. The van der Waals surface area contributed by atoms with Gasteiger partial charge < -0.3 is 5.73 Å². The number of thioether (sulfide) groups is 1. The van der Waals surface area contributed by atoms with E-state index in [2.05, 4.69) is 55.5 Å². The Morgan fingerprint density at radius 2 is 1.81 bits per heavy atom. The van der Waals surface area contributed by atoms with Gasteiger partial charge in [-0.25, -0.2) is 0 Å². The molecule has 2 aromatic carbocycles. The molecule has 1 unspecified atom stereocenters. The Balaban J connectivity index is 1.85. The quantitative estimate of drug-likeness (QED) is 0.776. The summed E-state index contributed by atoms with van der Waals surface area (Å²) in [5.74, 6) is 1.83. The van der Waals surface area contributed by atoms with Crippen LogP contribution < -0.4 is 5.73 Å². The minimum Gasteiger partial charge on any atom is -0.320 e. The number of nitrogens with two attached hydrogens (primary N) is 1. The van der Waals surface area contributed by atoms with E-state index in [1.54, 1.807) is 0 Å². The predicted octanol–water partition coefficient (Wildman–Crippen LogP) is 5.11. The molecule has 110 valence electrons. The normalized spacial score (nSPS) is 16.5. The summed E-state index contributed by atoms with van der Waals surface area (Å²) in [6.07, 6.45) is 3.99. The van der Waals surface area contributed by atoms with E-state index >= 15 is 0 Å². The summed E-state index contributed by atoms with van der Waals surface area (Å²) < 4.78 is 0. The van der Waals surface area contributed by atoms with Crippen molar-refractivity contribution in [2.75, 3.05) is 5.75 Å². The lowest BCUT2D eigenvalue weighted by atomic mass is 9.76. The lowest BCUT2D eigenvalue weighted by molar-refractivity contribution is 0.416. The van der Waals surface area contributed by atoms with Crippen LogP contribution in [0.2, 0.25) is 0 Å². The van der Waals surface area contributed by atoms with E-state index in [9.17, 15) is 0 Å². The summed E-state index contributed by atoms with van der Waals surface area (Å²) in [7, 11) is 0. The minimum absolute atomic E-state index is 0.0116. The molecule has 2 aromatic rings. The maximum atomic E-state index is 6.55. The van der Waals surface area contributed by atoms with Crippen molar-refractivity contribution in [3.8, 4) is 0 Å². The highest BCUT2D eigenvalue weighted by Crippen LogP contribution is 2.40. The molecule has 1 saturated carbocycles. The van der Waals surface area contributed by atoms with Gasteiger partial charge in [-0.15, -0.1) is 11.8 Å². The zero-order chi connectivity index (χ0) is 14.7. The van der Waals surface area contributed by atoms with Crippen LogP contribution in [0, 0.1) is 0 Å². The molecule has 0 heterocycles. The molecule has 3 rings (SSSR count). The molecule has 1 aliphatic carbocycles. The van der Waals surface area contributed by atoms with E-state index in [4.69, 9.17) is 5.73 Å². The van der Waals surface area contributed by atoms with Crippen LogP contribution in [0.15, 0.2) is 53.4 Å². The van der Waals surface area contributed by atoms with Crippen LogP contribution in [-0.2, 0) is 0 Å². The van der Waals surface area contributed by atoms with E-state index in [0.717, 1.165) is 11.7 Å². The molecule has 21 heavy (non-hydrogen) atoms. The van der Waals surface area contributed by atoms with Crippen molar-refractivity contribution in [1.29, 1.82) is 0 Å². The summed E-state index contributed by atoms with van der Waals surface area (Å²) in [5, 5.41) is 0. The van der Waals surface area contributed by atoms with Gasteiger partial charge in [0, 0.05) is 4.90 Å². The van der Waals surface area contributed by atoms with E-state index in [1.165, 1.54) is 40.8 Å². The lowest BCUT2D eigenvalue weighted by Gasteiger charge is -2.29. The molecule has 0 aromatic heterocycles. The van der Waals surface area contributed by atoms with Gasteiger partial charge in [0.15, 0.2) is 0 Å². The number of rotatable bonds is 5. The average Bonchev–Trinajstić information content (AvgIpc) is 2.47. The topological polar surface area (TPSA) is 26.0 Å². The molecular weight excluding hydrogens is 274 g/mol. The Bertz CT molecular complexity index is 587. The number of hydrogen-bond acceptors (Lipinski definition) is 2. The van der Waals surface area contributed by atoms with Crippen molar-refractivity contribution in [2.24, 2.45) is 5.73 Å². The molecule has 0 aliphatic heterocycles. The van der Waals surface area contributed by atoms with Crippen molar-refractivity contribution in [2.45, 2.75) is 43.0 Å². The average molecular weight is 297 g/mol. The van der Waals surface area contributed by atoms with E-state index < -0.39 is 0 Å². The van der Waals surface area contributed by atoms with Crippen molar-refractivity contribution in [3.63, 3.8) is 0 Å². The van der Waals surface area contributed by atoms with Crippen LogP contribution in [0.3, 0.4) is 0 Å². The van der Waals surface area contributed by atoms with Crippen LogP contribution in [0.25, 0.3) is 0 Å². The summed E-state index contributed by atoms with van der Waals surface area (Å²) in [5.41, 5.74) is 10.5. The summed E-state index contributed by atoms with van der Waals surface area (Å²) in [6.45, 7) is 2.18. The van der Waals surface area contributed by atoms with E-state index in [0.29, 0.717) is 0 Å². The van der Waals surface area contributed by atoms with Crippen LogP contribution in [-0.4, -0.2) is 5.75 Å². The third-order valence-corrected chi connectivity index (χ3v) is 5.32. The molecule has 2 heteroatoms. The highest BCUT2D eigenvalue weighted by Gasteiger charge is 2.24. The molecule has 0 amide bonds. The Labute approximate surface area is 132 Å². The highest BCUT2D eigenvalue weighted by atomic mass is 32.2. The van der Waals surface area contributed by atoms with E-state index in [1.807, 2.05) is 11.8 Å². The van der Waals surface area contributed by atoms with Crippen molar-refractivity contribution < 1.29 is 0 Å². The van der Waals surface area contributed by atoms with Gasteiger partial charge in [0.25, 0.3) is 0 Å². The Hall–Kier alpha value is -1.25. The number of hydrogen-bond donors (Lipinski definition) is 1. The van der Waals surface area contributed by atoms with Crippen molar-refractivity contribution in [3.05, 3.63) is 65.2 Å². The minimum atomic E-state index is -0.0116. The Kier molecular flexibility index (Phi) is 4.67. The first-order valence-electron chi connectivity index (χ1n) is 7.86. The van der Waals surface area contributed by atoms with Crippen molar-refractivity contribution >= 4 is 11.8 Å². The van der Waals surface area contributed by atoms with Gasteiger partial charge in [-0.05, 0) is 53.3 Å². The van der Waals surface area contributed by atoms with Crippen molar-refractivity contribution in [1.82, 2.24) is 0 Å². The van der Waals surface area contributed by atoms with Gasteiger partial charge in [-0.2, -0.15) is 0 Å². The third kappa shape index (κ3) is 3.17. The molecule has 0 saturated heterocycles. The maximum Gasteiger partial charge on any atom is 0.0554 e. The second-order valence-electron chi connectivity index (χ2n) is 5.74. The first kappa shape index (κ1) is 14.7. The smallest absolute Gasteiger partial charge is 0.0554 e. The molecule has 2 N–H and O–H groups in total. The second kappa shape index (κ2) is 6.67. The maximum absolute atomic E-state index is 6.55. The van der Waals surface area contributed by atoms with Gasteiger partial charge in [-0.3, -0.25) is 0 Å². The standard InChI is InChI=1S/C19H23NS/c1-2-21-16-12-10-15(11-13-16)19(20)18-9-4-3-8-17(18)14-6-5-7-14/h3-4,8-14,19H,2,5-7,20H2,1H3. The molecule has 0 bridgehead atoms. The summed E-state index contributed by atoms with van der Waals surface area (Å²) in [4.78, 5) is 1.32. The van der Waals surface area contributed by atoms with Gasteiger partial charge in [-0.1, -0.05) is 49.7 Å². The van der Waals surface area contributed by atoms with Gasteiger partial charge in [0.2, 0.25) is 0 Å². The Morgan fingerprint density at radius 1 is 1.10 bits per heavy atom. The molecular formula is C19H23NS. The summed E-state index contributed by atoms with van der Waals surface area (Å²) >= 11 is 1.87. The number of benzene rings is 2. The summed E-state index contributed by atoms with van der Waals surface area (Å²) in [6, 6.07) is 17.4. The molecule has 0 radical (unpaired) electrons. The van der Waals surface area contributed by atoms with Crippen LogP contribution in [0.5, 0.6) is 0 Å². The predicted molar refractivity (Wildman–Crippen MR) is 91.9 cm³/mol. The van der Waals surface area contributed by atoms with E-state index in [-0.39, 0.29) is 6.04 Å². The largest absolute Gasteiger partial charge is 0.320 e. The van der Waals surface area contributed by atoms with Crippen LogP contribution in [0.1, 0.15) is 54.8 Å². The van der Waals surface area contributed by atoms with Gasteiger partial charge >= 0.3 is 0 Å². The first-order chi connectivity index (χ1) is 10.3. The monoisotopic (exact) mass is 297 g/mol. The first-order valence-corrected chi connectivity index (χ1v) is 8.85. The van der Waals surface area contributed by atoms with Gasteiger partial charge in [0.1, 0.15) is 0 Å². The fourth-order valence-electron chi connectivity index (χ4n) is 3.00. The SMILES string of the molecule is CCSc1ccc(C(N)c2ccccc2C2CCC2)cc1. The Morgan fingerprint density at radius 3 is 2.43 bits per heavy atom.